The van der Waals surface area contributed by atoms with E-state index in [4.69, 9.17) is 5.73 Å². The zero-order valence-corrected chi connectivity index (χ0v) is 10.7. The fraction of sp³-hybridized carbons (Fsp3) is 0.923. The molecule has 3 N–H and O–H groups in total. The van der Waals surface area contributed by atoms with E-state index in [1.165, 1.54) is 25.7 Å². The topological polar surface area (TPSA) is 58.4 Å². The van der Waals surface area contributed by atoms with E-state index < -0.39 is 0 Å². The van der Waals surface area contributed by atoms with Gasteiger partial charge in [0.25, 0.3) is 0 Å². The predicted molar refractivity (Wildman–Crippen MR) is 68.8 cm³/mol. The summed E-state index contributed by atoms with van der Waals surface area (Å²) in [6.07, 6.45) is 9.29. The van der Waals surface area contributed by atoms with Gasteiger partial charge in [0.15, 0.2) is 0 Å². The van der Waals surface area contributed by atoms with Crippen molar-refractivity contribution in [2.24, 2.45) is 5.73 Å². The third-order valence-electron chi connectivity index (χ3n) is 4.02. The van der Waals surface area contributed by atoms with Gasteiger partial charge in [-0.3, -0.25) is 0 Å². The Labute approximate surface area is 104 Å². The van der Waals surface area contributed by atoms with E-state index in [1.807, 2.05) is 4.90 Å². The molecule has 1 saturated carbocycles. The van der Waals surface area contributed by atoms with E-state index in [-0.39, 0.29) is 18.1 Å². The van der Waals surface area contributed by atoms with E-state index in [1.54, 1.807) is 0 Å². The molecule has 2 atom stereocenters. The lowest BCUT2D eigenvalue weighted by Gasteiger charge is -2.31. The molecule has 4 nitrogen and oxygen atoms in total. The normalized spacial score (nSPS) is 30.8. The molecular weight excluding hydrogens is 214 g/mol. The first-order valence-corrected chi connectivity index (χ1v) is 7.08. The molecule has 2 rings (SSSR count). The summed E-state index contributed by atoms with van der Waals surface area (Å²) in [5.74, 6) is 0. The number of nitrogens with two attached hydrogens (primary N) is 1. The third-order valence-corrected chi connectivity index (χ3v) is 4.02. The second-order valence-electron chi connectivity index (χ2n) is 5.41. The zero-order valence-electron chi connectivity index (χ0n) is 10.7. The Morgan fingerprint density at radius 1 is 1.00 bits per heavy atom. The van der Waals surface area contributed by atoms with Crippen molar-refractivity contribution in [1.82, 2.24) is 10.2 Å². The molecule has 0 aromatic carbocycles. The number of carbonyl (C=O) groups excluding carboxylic acids is 1. The standard InChI is InChI=1S/C13H25N3O/c14-11-7-3-4-8-12(11)15-13(17)16-9-5-1-2-6-10-16/h11-12H,1-10,14H2,(H,15,17)/t11-,12-/m1/s1. The number of hydrogen-bond donors (Lipinski definition) is 2. The largest absolute Gasteiger partial charge is 0.334 e. The molecule has 17 heavy (non-hydrogen) atoms. The van der Waals surface area contributed by atoms with Crippen molar-refractivity contribution >= 4 is 6.03 Å². The number of amides is 2. The molecule has 1 saturated heterocycles. The smallest absolute Gasteiger partial charge is 0.317 e. The minimum absolute atomic E-state index is 0.106. The molecule has 2 amide bonds. The molecule has 4 heteroatoms. The highest BCUT2D eigenvalue weighted by Crippen LogP contribution is 2.17. The quantitative estimate of drug-likeness (QED) is 0.733. The van der Waals surface area contributed by atoms with Crippen molar-refractivity contribution in [3.8, 4) is 0 Å². The average molecular weight is 239 g/mol. The minimum Gasteiger partial charge on any atom is -0.334 e. The Hall–Kier alpha value is -0.770. The summed E-state index contributed by atoms with van der Waals surface area (Å²) in [7, 11) is 0. The van der Waals surface area contributed by atoms with Crippen molar-refractivity contribution in [2.75, 3.05) is 13.1 Å². The lowest BCUT2D eigenvalue weighted by Crippen LogP contribution is -2.53. The number of likely N-dealkylation sites (tertiary alicyclic amines) is 1. The van der Waals surface area contributed by atoms with Gasteiger partial charge in [-0.2, -0.15) is 0 Å². The lowest BCUT2D eigenvalue weighted by atomic mass is 9.91. The van der Waals surface area contributed by atoms with Crippen molar-refractivity contribution in [1.29, 1.82) is 0 Å². The molecule has 2 aliphatic rings. The number of rotatable bonds is 1. The maximum absolute atomic E-state index is 12.1. The highest BCUT2D eigenvalue weighted by atomic mass is 16.2. The fourth-order valence-corrected chi connectivity index (χ4v) is 2.86. The van der Waals surface area contributed by atoms with E-state index in [9.17, 15) is 4.79 Å². The highest BCUT2D eigenvalue weighted by Gasteiger charge is 2.25. The number of nitrogens with zero attached hydrogens (tertiary/aromatic N) is 1. The van der Waals surface area contributed by atoms with Gasteiger partial charge in [0.05, 0.1) is 0 Å². The van der Waals surface area contributed by atoms with Crippen LogP contribution in [-0.4, -0.2) is 36.1 Å². The van der Waals surface area contributed by atoms with Gasteiger partial charge in [0.2, 0.25) is 0 Å². The zero-order chi connectivity index (χ0) is 12.1. The van der Waals surface area contributed by atoms with Gasteiger partial charge >= 0.3 is 6.03 Å². The average Bonchev–Trinajstić information content (AvgIpc) is 2.61. The number of urea groups is 1. The molecule has 0 bridgehead atoms. The summed E-state index contributed by atoms with van der Waals surface area (Å²) in [6.45, 7) is 1.82. The second-order valence-corrected chi connectivity index (χ2v) is 5.41. The molecule has 2 fully saturated rings. The van der Waals surface area contributed by atoms with E-state index in [2.05, 4.69) is 5.32 Å². The predicted octanol–water partition coefficient (Wildman–Crippen LogP) is 1.84. The summed E-state index contributed by atoms with van der Waals surface area (Å²) in [5, 5.41) is 3.13. The van der Waals surface area contributed by atoms with Gasteiger partial charge in [0.1, 0.15) is 0 Å². The van der Waals surface area contributed by atoms with Crippen LogP contribution in [0.2, 0.25) is 0 Å². The molecule has 1 heterocycles. The Bertz CT molecular complexity index is 249. The van der Waals surface area contributed by atoms with Crippen LogP contribution in [-0.2, 0) is 0 Å². The molecule has 1 aliphatic heterocycles. The first-order valence-electron chi connectivity index (χ1n) is 7.08. The molecule has 0 unspecified atom stereocenters. The van der Waals surface area contributed by atoms with Gasteiger partial charge in [0, 0.05) is 25.2 Å². The third kappa shape index (κ3) is 3.60. The fourth-order valence-electron chi connectivity index (χ4n) is 2.86. The van der Waals surface area contributed by atoms with Crippen LogP contribution in [0, 0.1) is 0 Å². The Kier molecular flexibility index (Phi) is 4.66. The molecule has 0 aromatic heterocycles. The monoisotopic (exact) mass is 239 g/mol. The summed E-state index contributed by atoms with van der Waals surface area (Å²) in [5.41, 5.74) is 6.05. The van der Waals surface area contributed by atoms with E-state index in [0.29, 0.717) is 0 Å². The Morgan fingerprint density at radius 3 is 2.29 bits per heavy atom. The summed E-state index contributed by atoms with van der Waals surface area (Å²) in [4.78, 5) is 14.1. The van der Waals surface area contributed by atoms with Crippen LogP contribution in [0.3, 0.4) is 0 Å². The van der Waals surface area contributed by atoms with Crippen molar-refractivity contribution < 1.29 is 4.79 Å². The number of hydrogen-bond acceptors (Lipinski definition) is 2. The van der Waals surface area contributed by atoms with Crippen LogP contribution in [0.5, 0.6) is 0 Å². The molecule has 0 spiro atoms. The number of nitrogens with one attached hydrogen (secondary N) is 1. The van der Waals surface area contributed by atoms with Gasteiger partial charge in [-0.25, -0.2) is 4.79 Å². The summed E-state index contributed by atoms with van der Waals surface area (Å²) >= 11 is 0. The van der Waals surface area contributed by atoms with E-state index >= 15 is 0 Å². The maximum Gasteiger partial charge on any atom is 0.317 e. The second kappa shape index (κ2) is 6.24. The highest BCUT2D eigenvalue weighted by molar-refractivity contribution is 5.74. The minimum atomic E-state index is 0.106. The summed E-state index contributed by atoms with van der Waals surface area (Å²) < 4.78 is 0. The van der Waals surface area contributed by atoms with Crippen molar-refractivity contribution in [2.45, 2.75) is 63.5 Å². The van der Waals surface area contributed by atoms with Crippen LogP contribution >= 0.6 is 0 Å². The van der Waals surface area contributed by atoms with Crippen LogP contribution in [0.1, 0.15) is 51.4 Å². The Morgan fingerprint density at radius 2 is 1.65 bits per heavy atom. The first kappa shape index (κ1) is 12.7. The van der Waals surface area contributed by atoms with Crippen LogP contribution < -0.4 is 11.1 Å². The Balaban J connectivity index is 1.82. The SMILES string of the molecule is N[C@@H]1CCCC[C@H]1NC(=O)N1CCCCCC1. The molecular formula is C13H25N3O. The molecule has 0 radical (unpaired) electrons. The maximum atomic E-state index is 12.1. The van der Waals surface area contributed by atoms with Gasteiger partial charge in [-0.05, 0) is 25.7 Å². The van der Waals surface area contributed by atoms with Crippen LogP contribution in [0.15, 0.2) is 0 Å². The van der Waals surface area contributed by atoms with Gasteiger partial charge < -0.3 is 16.0 Å². The van der Waals surface area contributed by atoms with Crippen molar-refractivity contribution in [3.05, 3.63) is 0 Å². The van der Waals surface area contributed by atoms with Crippen LogP contribution in [0.4, 0.5) is 4.79 Å². The first-order chi connectivity index (χ1) is 8.27. The molecule has 1 aliphatic carbocycles. The lowest BCUT2D eigenvalue weighted by molar-refractivity contribution is 0.189. The molecule has 0 aromatic rings. The number of carbonyl (C=O) groups is 1. The van der Waals surface area contributed by atoms with Gasteiger partial charge in [-0.1, -0.05) is 25.7 Å². The van der Waals surface area contributed by atoms with Crippen molar-refractivity contribution in [3.63, 3.8) is 0 Å². The van der Waals surface area contributed by atoms with E-state index in [0.717, 1.165) is 38.8 Å². The summed E-state index contributed by atoms with van der Waals surface area (Å²) in [6, 6.07) is 0.452. The molecule has 98 valence electrons. The van der Waals surface area contributed by atoms with Crippen LogP contribution in [0.25, 0.3) is 0 Å². The van der Waals surface area contributed by atoms with Gasteiger partial charge in [-0.15, -0.1) is 0 Å².